The first kappa shape index (κ1) is 10.5. The molecular formula is C14H17N3. The van der Waals surface area contributed by atoms with E-state index in [9.17, 15) is 0 Å². The Bertz CT molecular complexity index is 542. The number of nitrogens with zero attached hydrogens (tertiary/aromatic N) is 2. The largest absolute Gasteiger partial charge is 0.323 e. The predicted molar refractivity (Wildman–Crippen MR) is 68.2 cm³/mol. The van der Waals surface area contributed by atoms with Gasteiger partial charge in [0.15, 0.2) is 0 Å². The number of aromatic nitrogens is 2. The van der Waals surface area contributed by atoms with Crippen LogP contribution in [0.4, 0.5) is 0 Å². The van der Waals surface area contributed by atoms with Gasteiger partial charge in [-0.1, -0.05) is 18.2 Å². The number of rotatable bonds is 1. The molecule has 0 bridgehead atoms. The lowest BCUT2D eigenvalue weighted by Gasteiger charge is -2.21. The summed E-state index contributed by atoms with van der Waals surface area (Å²) in [4.78, 5) is 0. The van der Waals surface area contributed by atoms with Crippen LogP contribution in [0.25, 0.3) is 5.69 Å². The van der Waals surface area contributed by atoms with E-state index in [1.54, 1.807) is 0 Å². The van der Waals surface area contributed by atoms with Crippen LogP contribution in [0.3, 0.4) is 0 Å². The normalized spacial score (nSPS) is 19.1. The Morgan fingerprint density at radius 1 is 1.35 bits per heavy atom. The smallest absolute Gasteiger partial charge is 0.0678 e. The topological polar surface area (TPSA) is 43.8 Å². The molecule has 1 atom stereocenters. The summed E-state index contributed by atoms with van der Waals surface area (Å²) in [5, 5.41) is 4.52. The van der Waals surface area contributed by atoms with E-state index in [2.05, 4.69) is 30.2 Å². The van der Waals surface area contributed by atoms with Gasteiger partial charge in [0.1, 0.15) is 0 Å². The molecule has 1 aromatic carbocycles. The number of hydrogen-bond donors (Lipinski definition) is 1. The highest BCUT2D eigenvalue weighted by Gasteiger charge is 2.22. The molecule has 0 spiro atoms. The average molecular weight is 227 g/mol. The molecule has 1 aliphatic carbocycles. The Labute approximate surface area is 101 Å². The first-order chi connectivity index (χ1) is 8.27. The molecule has 3 heteroatoms. The van der Waals surface area contributed by atoms with Gasteiger partial charge < -0.3 is 5.73 Å². The zero-order valence-corrected chi connectivity index (χ0v) is 10.1. The Morgan fingerprint density at radius 3 is 3.00 bits per heavy atom. The van der Waals surface area contributed by atoms with Gasteiger partial charge in [-0.15, -0.1) is 0 Å². The van der Waals surface area contributed by atoms with E-state index in [4.69, 9.17) is 5.73 Å². The molecule has 0 saturated heterocycles. The lowest BCUT2D eigenvalue weighted by molar-refractivity contribution is 0.542. The highest BCUT2D eigenvalue weighted by Crippen LogP contribution is 2.30. The van der Waals surface area contributed by atoms with Crippen molar-refractivity contribution in [2.24, 2.45) is 5.73 Å². The van der Waals surface area contributed by atoms with Gasteiger partial charge in [0.25, 0.3) is 0 Å². The first-order valence-electron chi connectivity index (χ1n) is 6.16. The molecule has 2 aromatic rings. The first-order valence-corrected chi connectivity index (χ1v) is 6.16. The highest BCUT2D eigenvalue weighted by atomic mass is 15.3. The lowest BCUT2D eigenvalue weighted by Crippen LogP contribution is -2.20. The SMILES string of the molecule is Cc1ccccc1-n1ncc2c1C(N)CCC2. The summed E-state index contributed by atoms with van der Waals surface area (Å²) < 4.78 is 2.02. The van der Waals surface area contributed by atoms with E-state index >= 15 is 0 Å². The van der Waals surface area contributed by atoms with Gasteiger partial charge in [-0.25, -0.2) is 4.68 Å². The molecule has 0 fully saturated rings. The molecule has 88 valence electrons. The van der Waals surface area contributed by atoms with Gasteiger partial charge in [0, 0.05) is 6.04 Å². The second-order valence-electron chi connectivity index (χ2n) is 4.75. The van der Waals surface area contributed by atoms with E-state index < -0.39 is 0 Å². The Morgan fingerprint density at radius 2 is 2.18 bits per heavy atom. The Kier molecular flexibility index (Phi) is 2.48. The van der Waals surface area contributed by atoms with Crippen molar-refractivity contribution in [1.82, 2.24) is 9.78 Å². The maximum atomic E-state index is 6.22. The van der Waals surface area contributed by atoms with Crippen molar-refractivity contribution in [2.75, 3.05) is 0 Å². The molecule has 0 saturated carbocycles. The van der Waals surface area contributed by atoms with Gasteiger partial charge in [0.05, 0.1) is 17.6 Å². The molecule has 1 heterocycles. The van der Waals surface area contributed by atoms with Crippen LogP contribution in [-0.4, -0.2) is 9.78 Å². The fourth-order valence-electron chi connectivity index (χ4n) is 2.62. The number of hydrogen-bond acceptors (Lipinski definition) is 2. The number of nitrogens with two attached hydrogens (primary N) is 1. The number of para-hydroxylation sites is 1. The predicted octanol–water partition coefficient (Wildman–Crippen LogP) is 2.52. The fourth-order valence-corrected chi connectivity index (χ4v) is 2.62. The fraction of sp³-hybridized carbons (Fsp3) is 0.357. The van der Waals surface area contributed by atoms with E-state index in [1.165, 1.54) is 23.2 Å². The molecule has 2 N–H and O–H groups in total. The Hall–Kier alpha value is -1.61. The quantitative estimate of drug-likeness (QED) is 0.813. The van der Waals surface area contributed by atoms with E-state index in [1.807, 2.05) is 16.9 Å². The Balaban J connectivity index is 2.17. The highest BCUT2D eigenvalue weighted by molar-refractivity contribution is 5.43. The van der Waals surface area contributed by atoms with Crippen LogP contribution in [0.1, 0.15) is 35.7 Å². The summed E-state index contributed by atoms with van der Waals surface area (Å²) in [6, 6.07) is 8.43. The minimum atomic E-state index is 0.126. The van der Waals surface area contributed by atoms with Crippen LogP contribution in [0.2, 0.25) is 0 Å². The van der Waals surface area contributed by atoms with Gasteiger partial charge in [0.2, 0.25) is 0 Å². The summed E-state index contributed by atoms with van der Waals surface area (Å²) in [7, 11) is 0. The molecule has 17 heavy (non-hydrogen) atoms. The van der Waals surface area contributed by atoms with E-state index in [-0.39, 0.29) is 6.04 Å². The van der Waals surface area contributed by atoms with Gasteiger partial charge >= 0.3 is 0 Å². The maximum Gasteiger partial charge on any atom is 0.0678 e. The third-order valence-electron chi connectivity index (χ3n) is 3.54. The molecule has 1 aromatic heterocycles. The molecule has 0 amide bonds. The summed E-state index contributed by atoms with van der Waals surface area (Å²) >= 11 is 0. The van der Waals surface area contributed by atoms with Crippen molar-refractivity contribution in [3.05, 3.63) is 47.3 Å². The number of benzene rings is 1. The number of fused-ring (bicyclic) bond motifs is 1. The van der Waals surface area contributed by atoms with Gasteiger partial charge in [-0.3, -0.25) is 0 Å². The van der Waals surface area contributed by atoms with Gasteiger partial charge in [-0.2, -0.15) is 5.10 Å². The summed E-state index contributed by atoms with van der Waals surface area (Å²) in [5.74, 6) is 0. The molecular weight excluding hydrogens is 210 g/mol. The summed E-state index contributed by atoms with van der Waals surface area (Å²) in [5.41, 5.74) is 11.1. The van der Waals surface area contributed by atoms with Crippen molar-refractivity contribution in [1.29, 1.82) is 0 Å². The van der Waals surface area contributed by atoms with Crippen LogP contribution >= 0.6 is 0 Å². The van der Waals surface area contributed by atoms with Crippen LogP contribution in [0, 0.1) is 6.92 Å². The molecule has 0 radical (unpaired) electrons. The average Bonchev–Trinajstić information content (AvgIpc) is 2.75. The van der Waals surface area contributed by atoms with E-state index in [0.717, 1.165) is 18.5 Å². The summed E-state index contributed by atoms with van der Waals surface area (Å²) in [6.07, 6.45) is 5.31. The molecule has 3 nitrogen and oxygen atoms in total. The van der Waals surface area contributed by atoms with Crippen molar-refractivity contribution in [3.63, 3.8) is 0 Å². The standard InChI is InChI=1S/C14H17N3/c1-10-5-2-3-8-13(10)17-14-11(9-16-17)6-4-7-12(14)15/h2-3,5,8-9,12H,4,6-7,15H2,1H3. The van der Waals surface area contributed by atoms with Gasteiger partial charge in [-0.05, 0) is 43.4 Å². The molecule has 0 aliphatic heterocycles. The van der Waals surface area contributed by atoms with Crippen LogP contribution in [-0.2, 0) is 6.42 Å². The lowest BCUT2D eigenvalue weighted by atomic mass is 9.94. The molecule has 1 unspecified atom stereocenters. The monoisotopic (exact) mass is 227 g/mol. The zero-order valence-electron chi connectivity index (χ0n) is 10.1. The van der Waals surface area contributed by atoms with E-state index in [0.29, 0.717) is 0 Å². The van der Waals surface area contributed by atoms with Crippen LogP contribution < -0.4 is 5.73 Å². The minimum Gasteiger partial charge on any atom is -0.323 e. The summed E-state index contributed by atoms with van der Waals surface area (Å²) in [6.45, 7) is 2.11. The van der Waals surface area contributed by atoms with Crippen molar-refractivity contribution < 1.29 is 0 Å². The zero-order chi connectivity index (χ0) is 11.8. The molecule has 1 aliphatic rings. The third kappa shape index (κ3) is 1.67. The second kappa shape index (κ2) is 4.00. The van der Waals surface area contributed by atoms with Crippen LogP contribution in [0.5, 0.6) is 0 Å². The third-order valence-corrected chi connectivity index (χ3v) is 3.54. The maximum absolute atomic E-state index is 6.22. The second-order valence-corrected chi connectivity index (χ2v) is 4.75. The number of aryl methyl sites for hydroxylation is 2. The van der Waals surface area contributed by atoms with Crippen LogP contribution in [0.15, 0.2) is 30.5 Å². The van der Waals surface area contributed by atoms with Crippen molar-refractivity contribution in [2.45, 2.75) is 32.2 Å². The van der Waals surface area contributed by atoms with Crippen molar-refractivity contribution in [3.8, 4) is 5.69 Å². The minimum absolute atomic E-state index is 0.126. The van der Waals surface area contributed by atoms with Crippen molar-refractivity contribution >= 4 is 0 Å². The molecule has 3 rings (SSSR count).